The number of carbonyl (C=O) groups is 1. The van der Waals surface area contributed by atoms with E-state index in [0.29, 0.717) is 19.2 Å². The van der Waals surface area contributed by atoms with Crippen LogP contribution in [0.2, 0.25) is 0 Å². The van der Waals surface area contributed by atoms with Gasteiger partial charge in [-0.3, -0.25) is 9.69 Å². The third kappa shape index (κ3) is 5.21. The predicted molar refractivity (Wildman–Crippen MR) is 113 cm³/mol. The van der Waals surface area contributed by atoms with Crippen molar-refractivity contribution in [2.24, 2.45) is 0 Å². The number of aryl methyl sites for hydroxylation is 1. The molecule has 3 nitrogen and oxygen atoms in total. The number of hydrogen-bond acceptors (Lipinski definition) is 2. The minimum atomic E-state index is -5.21. The van der Waals surface area contributed by atoms with E-state index >= 15 is 0 Å². The SMILES string of the molecule is Cc1cc(C(F)(F)F)cc(C(F)(F)F)c1C(=O)NC(c1ccccc1F)C(C)(C)N1CCCC1. The summed E-state index contributed by atoms with van der Waals surface area (Å²) in [7, 11) is 0. The van der Waals surface area contributed by atoms with E-state index < -0.39 is 57.9 Å². The number of alkyl halides is 6. The molecule has 2 aromatic rings. The Bertz CT molecular complexity index is 1050. The Balaban J connectivity index is 2.11. The second-order valence-corrected chi connectivity index (χ2v) is 8.99. The maximum atomic E-state index is 14.8. The third-order valence-electron chi connectivity index (χ3n) is 6.31. The van der Waals surface area contributed by atoms with Gasteiger partial charge in [0.05, 0.1) is 22.7 Å². The Hall–Kier alpha value is -2.62. The molecule has 0 saturated carbocycles. The molecule has 1 atom stereocenters. The molecule has 1 heterocycles. The molecule has 1 amide bonds. The highest BCUT2D eigenvalue weighted by Gasteiger charge is 2.43. The summed E-state index contributed by atoms with van der Waals surface area (Å²) in [5.41, 5.74) is -5.41. The topological polar surface area (TPSA) is 32.3 Å². The van der Waals surface area contributed by atoms with E-state index in [1.165, 1.54) is 18.2 Å². The van der Waals surface area contributed by atoms with E-state index in [0.717, 1.165) is 19.8 Å². The Morgan fingerprint density at radius 1 is 0.971 bits per heavy atom. The largest absolute Gasteiger partial charge is 0.417 e. The average molecular weight is 490 g/mol. The zero-order valence-corrected chi connectivity index (χ0v) is 18.9. The number of nitrogens with zero attached hydrogens (tertiary/aromatic N) is 1. The maximum Gasteiger partial charge on any atom is 0.417 e. The minimum Gasteiger partial charge on any atom is -0.343 e. The molecule has 0 bridgehead atoms. The van der Waals surface area contributed by atoms with E-state index in [1.54, 1.807) is 19.9 Å². The van der Waals surface area contributed by atoms with Gasteiger partial charge >= 0.3 is 12.4 Å². The van der Waals surface area contributed by atoms with Crippen LogP contribution in [0.15, 0.2) is 36.4 Å². The lowest BCUT2D eigenvalue weighted by molar-refractivity contribution is -0.143. The predicted octanol–water partition coefficient (Wildman–Crippen LogP) is 6.52. The highest BCUT2D eigenvalue weighted by Crippen LogP contribution is 2.40. The fourth-order valence-corrected chi connectivity index (χ4v) is 4.50. The molecule has 10 heteroatoms. The molecule has 1 unspecified atom stereocenters. The first kappa shape index (κ1) is 26.0. The summed E-state index contributed by atoms with van der Waals surface area (Å²) >= 11 is 0. The van der Waals surface area contributed by atoms with Gasteiger partial charge in [0, 0.05) is 11.1 Å². The lowest BCUT2D eigenvalue weighted by Crippen LogP contribution is -2.53. The maximum absolute atomic E-state index is 14.8. The van der Waals surface area contributed by atoms with Crippen LogP contribution in [0.4, 0.5) is 30.7 Å². The highest BCUT2D eigenvalue weighted by atomic mass is 19.4. The number of benzene rings is 2. The lowest BCUT2D eigenvalue weighted by Gasteiger charge is -2.43. The zero-order chi connectivity index (χ0) is 25.5. The van der Waals surface area contributed by atoms with E-state index in [9.17, 15) is 35.5 Å². The molecule has 0 spiro atoms. The highest BCUT2D eigenvalue weighted by molar-refractivity contribution is 5.97. The molecule has 0 radical (unpaired) electrons. The molecule has 34 heavy (non-hydrogen) atoms. The van der Waals surface area contributed by atoms with Gasteiger partial charge in [-0.1, -0.05) is 18.2 Å². The van der Waals surface area contributed by atoms with Crippen molar-refractivity contribution < 1.29 is 35.5 Å². The normalized spacial score (nSPS) is 16.5. The van der Waals surface area contributed by atoms with Crippen LogP contribution in [0.3, 0.4) is 0 Å². The van der Waals surface area contributed by atoms with Crippen LogP contribution in [0.5, 0.6) is 0 Å². The number of carbonyl (C=O) groups excluding carboxylic acids is 1. The Morgan fingerprint density at radius 2 is 1.56 bits per heavy atom. The molecule has 1 aliphatic heterocycles. The average Bonchev–Trinajstić information content (AvgIpc) is 3.26. The van der Waals surface area contributed by atoms with Gasteiger partial charge in [-0.2, -0.15) is 26.3 Å². The van der Waals surface area contributed by atoms with E-state index in [-0.39, 0.29) is 11.6 Å². The fraction of sp³-hybridized carbons (Fsp3) is 0.458. The molecule has 2 aromatic carbocycles. The first-order valence-electron chi connectivity index (χ1n) is 10.7. The first-order chi connectivity index (χ1) is 15.6. The van der Waals surface area contributed by atoms with Crippen LogP contribution in [-0.4, -0.2) is 29.4 Å². The number of likely N-dealkylation sites (tertiary alicyclic amines) is 1. The van der Waals surface area contributed by atoms with Crippen molar-refractivity contribution in [2.45, 2.75) is 57.5 Å². The van der Waals surface area contributed by atoms with Crippen molar-refractivity contribution in [3.63, 3.8) is 0 Å². The van der Waals surface area contributed by atoms with Gasteiger partial charge in [0.25, 0.3) is 5.91 Å². The van der Waals surface area contributed by atoms with Crippen LogP contribution in [0.25, 0.3) is 0 Å². The smallest absolute Gasteiger partial charge is 0.343 e. The lowest BCUT2D eigenvalue weighted by atomic mass is 9.86. The molecule has 0 aromatic heterocycles. The summed E-state index contributed by atoms with van der Waals surface area (Å²) < 4.78 is 95.5. The monoisotopic (exact) mass is 490 g/mol. The molecule has 1 fully saturated rings. The van der Waals surface area contributed by atoms with Gasteiger partial charge in [-0.15, -0.1) is 0 Å². The molecular weight excluding hydrogens is 465 g/mol. The summed E-state index contributed by atoms with van der Waals surface area (Å²) in [6.07, 6.45) is -8.49. The standard InChI is InChI=1S/C24H25F7N2O/c1-14-12-15(23(26,27)28)13-17(24(29,30)31)19(14)21(34)32-20(16-8-4-5-9-18(16)25)22(2,3)33-10-6-7-11-33/h4-5,8-9,12-13,20H,6-7,10-11H2,1-3H3,(H,32,34). The Morgan fingerprint density at radius 3 is 2.09 bits per heavy atom. The number of hydrogen-bond donors (Lipinski definition) is 1. The van der Waals surface area contributed by atoms with Crippen molar-refractivity contribution in [1.29, 1.82) is 0 Å². The number of rotatable bonds is 5. The van der Waals surface area contributed by atoms with Crippen molar-refractivity contribution in [3.05, 3.63) is 70.0 Å². The zero-order valence-electron chi connectivity index (χ0n) is 18.9. The Kier molecular flexibility index (Phi) is 7.04. The van der Waals surface area contributed by atoms with Gasteiger partial charge in [-0.05, 0) is 70.5 Å². The van der Waals surface area contributed by atoms with Crippen LogP contribution in [0.1, 0.15) is 65.3 Å². The number of nitrogens with one attached hydrogen (secondary N) is 1. The van der Waals surface area contributed by atoms with E-state index in [4.69, 9.17) is 0 Å². The minimum absolute atomic E-state index is 0.0639. The molecule has 186 valence electrons. The molecule has 1 aliphatic rings. The van der Waals surface area contributed by atoms with E-state index in [1.807, 2.05) is 4.90 Å². The van der Waals surface area contributed by atoms with Crippen LogP contribution < -0.4 is 5.32 Å². The summed E-state index contributed by atoms with van der Waals surface area (Å²) in [4.78, 5) is 15.2. The fourth-order valence-electron chi connectivity index (χ4n) is 4.50. The summed E-state index contributed by atoms with van der Waals surface area (Å²) in [5.74, 6) is -1.88. The number of amides is 1. The van der Waals surface area contributed by atoms with Crippen LogP contribution in [-0.2, 0) is 12.4 Å². The second kappa shape index (κ2) is 9.20. The van der Waals surface area contributed by atoms with Gasteiger partial charge < -0.3 is 5.32 Å². The first-order valence-corrected chi connectivity index (χ1v) is 10.7. The summed E-state index contributed by atoms with van der Waals surface area (Å²) in [5, 5.41) is 2.52. The third-order valence-corrected chi connectivity index (χ3v) is 6.31. The molecule has 1 saturated heterocycles. The van der Waals surface area contributed by atoms with Gasteiger partial charge in [-0.25, -0.2) is 4.39 Å². The van der Waals surface area contributed by atoms with Crippen molar-refractivity contribution in [1.82, 2.24) is 10.2 Å². The van der Waals surface area contributed by atoms with Crippen LogP contribution >= 0.6 is 0 Å². The van der Waals surface area contributed by atoms with Crippen LogP contribution in [0, 0.1) is 12.7 Å². The van der Waals surface area contributed by atoms with Gasteiger partial charge in [0.15, 0.2) is 0 Å². The van der Waals surface area contributed by atoms with Crippen molar-refractivity contribution in [3.8, 4) is 0 Å². The molecule has 1 N–H and O–H groups in total. The summed E-state index contributed by atoms with van der Waals surface area (Å²) in [6.45, 7) is 5.82. The number of halogens is 7. The second-order valence-electron chi connectivity index (χ2n) is 8.99. The molecular formula is C24H25F7N2O. The van der Waals surface area contributed by atoms with E-state index in [2.05, 4.69) is 5.32 Å². The van der Waals surface area contributed by atoms with Gasteiger partial charge in [0.2, 0.25) is 0 Å². The van der Waals surface area contributed by atoms with Crippen molar-refractivity contribution in [2.75, 3.05) is 13.1 Å². The summed E-state index contributed by atoms with van der Waals surface area (Å²) in [6, 6.07) is 4.98. The quantitative estimate of drug-likeness (QED) is 0.484. The Labute approximate surface area is 192 Å². The van der Waals surface area contributed by atoms with Crippen molar-refractivity contribution >= 4 is 5.91 Å². The molecule has 3 rings (SSSR count). The molecule has 0 aliphatic carbocycles. The van der Waals surface area contributed by atoms with Gasteiger partial charge in [0.1, 0.15) is 5.82 Å².